The molecule has 0 saturated heterocycles. The molecule has 0 bridgehead atoms. The number of aromatic hydroxyl groups is 1. The van der Waals surface area contributed by atoms with Gasteiger partial charge in [0.05, 0.1) is 0 Å². The first kappa shape index (κ1) is 16.7. The number of phenols is 1. The third kappa shape index (κ3) is 4.15. The lowest BCUT2D eigenvalue weighted by Gasteiger charge is -2.23. The molecule has 1 aromatic heterocycles. The lowest BCUT2D eigenvalue weighted by atomic mass is 9.86. The summed E-state index contributed by atoms with van der Waals surface area (Å²) in [5.74, 6) is 0.404. The normalized spacial score (nSPS) is 12.6. The SMILES string of the molecule is CC(C)(C)c1cc(SC[Si](C)(C)c2cccs2)ccc1O. The second-order valence-electron chi connectivity index (χ2n) is 7.08. The van der Waals surface area contributed by atoms with Crippen LogP contribution in [0.5, 0.6) is 5.75 Å². The van der Waals surface area contributed by atoms with E-state index < -0.39 is 8.07 Å². The zero-order valence-electron chi connectivity index (χ0n) is 13.4. The average molecular weight is 337 g/mol. The Morgan fingerprint density at radius 3 is 2.48 bits per heavy atom. The molecule has 0 unspecified atom stereocenters. The van der Waals surface area contributed by atoms with Crippen LogP contribution in [-0.4, -0.2) is 18.6 Å². The first-order valence-corrected chi connectivity index (χ1v) is 12.3. The Hall–Kier alpha value is -0.713. The number of rotatable bonds is 4. The highest BCUT2D eigenvalue weighted by molar-refractivity contribution is 8.01. The maximum Gasteiger partial charge on any atom is 0.119 e. The van der Waals surface area contributed by atoms with Gasteiger partial charge in [0.25, 0.3) is 0 Å². The second kappa shape index (κ2) is 6.19. The van der Waals surface area contributed by atoms with E-state index in [0.717, 1.165) is 5.56 Å². The molecular weight excluding hydrogens is 312 g/mol. The molecular formula is C17H24OS2Si. The summed E-state index contributed by atoms with van der Waals surface area (Å²) in [7, 11) is -1.37. The number of thioether (sulfide) groups is 1. The van der Waals surface area contributed by atoms with Crippen LogP contribution in [0, 0.1) is 0 Å². The van der Waals surface area contributed by atoms with E-state index in [0.29, 0.717) is 5.75 Å². The molecule has 1 heterocycles. The molecule has 2 aromatic rings. The molecule has 0 saturated carbocycles. The molecule has 114 valence electrons. The third-order valence-corrected chi connectivity index (χ3v) is 11.8. The van der Waals surface area contributed by atoms with Crippen molar-refractivity contribution in [3.05, 3.63) is 41.3 Å². The Balaban J connectivity index is 2.14. The van der Waals surface area contributed by atoms with Gasteiger partial charge in [-0.2, -0.15) is 11.3 Å². The van der Waals surface area contributed by atoms with Crippen molar-refractivity contribution < 1.29 is 5.11 Å². The van der Waals surface area contributed by atoms with E-state index in [1.54, 1.807) is 4.50 Å². The molecule has 21 heavy (non-hydrogen) atoms. The van der Waals surface area contributed by atoms with Crippen molar-refractivity contribution in [3.8, 4) is 5.75 Å². The fraction of sp³-hybridized carbons (Fsp3) is 0.412. The van der Waals surface area contributed by atoms with Gasteiger partial charge in [0.2, 0.25) is 0 Å². The summed E-state index contributed by atoms with van der Waals surface area (Å²) in [6.07, 6.45) is 0. The summed E-state index contributed by atoms with van der Waals surface area (Å²) in [6.45, 7) is 11.3. The van der Waals surface area contributed by atoms with E-state index in [1.807, 2.05) is 35.2 Å². The summed E-state index contributed by atoms with van der Waals surface area (Å²) in [4.78, 5) is 1.26. The zero-order valence-corrected chi connectivity index (χ0v) is 16.1. The standard InChI is InChI=1S/C17H24OS2Si/c1-17(2,3)14-11-13(8-9-15(14)18)20-12-21(4,5)16-7-6-10-19-16/h6-11,18H,12H2,1-5H3. The minimum Gasteiger partial charge on any atom is -0.508 e. The van der Waals surface area contributed by atoms with Crippen molar-refractivity contribution in [2.75, 3.05) is 5.38 Å². The van der Waals surface area contributed by atoms with Crippen LogP contribution in [0.15, 0.2) is 40.6 Å². The molecule has 1 N–H and O–H groups in total. The monoisotopic (exact) mass is 336 g/mol. The zero-order chi connectivity index (χ0) is 15.7. The summed E-state index contributed by atoms with van der Waals surface area (Å²) in [6, 6.07) is 10.4. The van der Waals surface area contributed by atoms with Crippen LogP contribution in [0.1, 0.15) is 26.3 Å². The van der Waals surface area contributed by atoms with Gasteiger partial charge in [0, 0.05) is 10.5 Å². The molecule has 1 nitrogen and oxygen atoms in total. The molecule has 4 heteroatoms. The topological polar surface area (TPSA) is 20.2 Å². The minimum absolute atomic E-state index is 0.0264. The van der Waals surface area contributed by atoms with Gasteiger partial charge in [0.15, 0.2) is 0 Å². The van der Waals surface area contributed by atoms with Crippen LogP contribution < -0.4 is 4.50 Å². The molecule has 1 aromatic carbocycles. The minimum atomic E-state index is -1.37. The van der Waals surface area contributed by atoms with Crippen LogP contribution in [0.25, 0.3) is 0 Å². The van der Waals surface area contributed by atoms with Gasteiger partial charge in [-0.05, 0) is 38.9 Å². The van der Waals surface area contributed by atoms with E-state index in [4.69, 9.17) is 0 Å². The van der Waals surface area contributed by atoms with Gasteiger partial charge in [-0.1, -0.05) is 46.0 Å². The largest absolute Gasteiger partial charge is 0.508 e. The van der Waals surface area contributed by atoms with Gasteiger partial charge < -0.3 is 5.11 Å². The summed E-state index contributed by atoms with van der Waals surface area (Å²) in [5.41, 5.74) is 1.00. The molecule has 2 rings (SSSR count). The van der Waals surface area contributed by atoms with Crippen molar-refractivity contribution >= 4 is 35.7 Å². The van der Waals surface area contributed by atoms with E-state index >= 15 is 0 Å². The van der Waals surface area contributed by atoms with Crippen molar-refractivity contribution in [2.24, 2.45) is 0 Å². The van der Waals surface area contributed by atoms with Crippen molar-refractivity contribution in [1.29, 1.82) is 0 Å². The predicted octanol–water partition coefficient (Wildman–Crippen LogP) is 5.00. The molecule has 0 atom stereocenters. The Kier molecular flexibility index (Phi) is 4.91. The van der Waals surface area contributed by atoms with E-state index in [9.17, 15) is 5.11 Å². The number of hydrogen-bond acceptors (Lipinski definition) is 3. The first-order valence-electron chi connectivity index (χ1n) is 7.20. The highest BCUT2D eigenvalue weighted by Gasteiger charge is 2.25. The fourth-order valence-corrected chi connectivity index (χ4v) is 8.27. The molecule has 0 radical (unpaired) electrons. The van der Waals surface area contributed by atoms with Gasteiger partial charge >= 0.3 is 0 Å². The molecule has 0 aliphatic rings. The summed E-state index contributed by atoms with van der Waals surface area (Å²) >= 11 is 3.81. The Bertz CT molecular complexity index is 598. The van der Waals surface area contributed by atoms with Crippen molar-refractivity contribution in [1.82, 2.24) is 0 Å². The third-order valence-electron chi connectivity index (χ3n) is 3.56. The van der Waals surface area contributed by atoms with E-state index in [2.05, 4.69) is 57.4 Å². The average Bonchev–Trinajstić information content (AvgIpc) is 2.91. The van der Waals surface area contributed by atoms with Gasteiger partial charge in [-0.3, -0.25) is 0 Å². The molecule has 0 aliphatic heterocycles. The maximum absolute atomic E-state index is 10.0. The number of phenolic OH excluding ortho intramolecular Hbond substituents is 1. The predicted molar refractivity (Wildman–Crippen MR) is 99.0 cm³/mol. The van der Waals surface area contributed by atoms with Crippen molar-refractivity contribution in [3.63, 3.8) is 0 Å². The van der Waals surface area contributed by atoms with E-state index in [1.165, 1.54) is 10.3 Å². The van der Waals surface area contributed by atoms with Crippen LogP contribution in [0.4, 0.5) is 0 Å². The smallest absolute Gasteiger partial charge is 0.119 e. The molecule has 0 fully saturated rings. The van der Waals surface area contributed by atoms with Gasteiger partial charge in [0.1, 0.15) is 13.8 Å². The Morgan fingerprint density at radius 1 is 1.19 bits per heavy atom. The molecule has 0 spiro atoms. The highest BCUT2D eigenvalue weighted by atomic mass is 32.2. The number of hydrogen-bond donors (Lipinski definition) is 1. The number of thiophene rings is 1. The quantitative estimate of drug-likeness (QED) is 0.626. The summed E-state index contributed by atoms with van der Waals surface area (Å²) < 4.78 is 1.56. The Morgan fingerprint density at radius 2 is 1.90 bits per heavy atom. The maximum atomic E-state index is 10.0. The second-order valence-corrected chi connectivity index (χ2v) is 14.6. The molecule has 0 amide bonds. The van der Waals surface area contributed by atoms with Gasteiger partial charge in [-0.25, -0.2) is 0 Å². The van der Waals surface area contributed by atoms with Crippen LogP contribution in [0.2, 0.25) is 13.1 Å². The van der Waals surface area contributed by atoms with Crippen LogP contribution >= 0.6 is 23.1 Å². The fourth-order valence-electron chi connectivity index (χ4n) is 2.20. The molecule has 0 aliphatic carbocycles. The first-order chi connectivity index (χ1) is 9.70. The van der Waals surface area contributed by atoms with Crippen LogP contribution in [0.3, 0.4) is 0 Å². The summed E-state index contributed by atoms with van der Waals surface area (Å²) in [5, 5.41) is 13.4. The lowest BCUT2D eigenvalue weighted by Crippen LogP contribution is -2.42. The lowest BCUT2D eigenvalue weighted by molar-refractivity contribution is 0.446. The number of benzene rings is 1. The van der Waals surface area contributed by atoms with Crippen molar-refractivity contribution in [2.45, 2.75) is 44.2 Å². The van der Waals surface area contributed by atoms with Crippen LogP contribution in [-0.2, 0) is 5.41 Å². The highest BCUT2D eigenvalue weighted by Crippen LogP contribution is 2.34. The van der Waals surface area contributed by atoms with E-state index in [-0.39, 0.29) is 5.41 Å². The Labute approximate surface area is 137 Å². The van der Waals surface area contributed by atoms with Gasteiger partial charge in [-0.15, -0.1) is 11.8 Å².